The second kappa shape index (κ2) is 21.0. The lowest BCUT2D eigenvalue weighted by atomic mass is 9.63. The van der Waals surface area contributed by atoms with Crippen LogP contribution in [0.15, 0.2) is 65.6 Å². The van der Waals surface area contributed by atoms with E-state index in [2.05, 4.69) is 32.7 Å². The quantitative estimate of drug-likeness (QED) is 0.0455. The molecule has 11 heterocycles. The molecule has 3 aliphatic carbocycles. The van der Waals surface area contributed by atoms with Gasteiger partial charge in [0.2, 0.25) is 12.4 Å². The Labute approximate surface area is 522 Å². The number of carbonyl (C=O) groups excluding carboxylic acids is 4. The van der Waals surface area contributed by atoms with Gasteiger partial charge >= 0.3 is 24.0 Å². The topological polar surface area (TPSA) is 265 Å². The zero-order chi connectivity index (χ0) is 63.4. The summed E-state index contributed by atoms with van der Waals surface area (Å²) in [5.41, 5.74) is 6.50. The number of halogens is 3. The molecule has 22 nitrogen and oxygen atoms in total. The lowest BCUT2D eigenvalue weighted by molar-refractivity contribution is -0.188. The van der Waals surface area contributed by atoms with E-state index in [0.29, 0.717) is 65.5 Å². The number of anilines is 1. The minimum absolute atomic E-state index is 0.0249. The highest BCUT2D eigenvalue weighted by molar-refractivity contribution is 6.03. The Bertz CT molecular complexity index is 4560. The molecule has 92 heavy (non-hydrogen) atoms. The molecule has 7 fully saturated rings. The van der Waals surface area contributed by atoms with Crippen LogP contribution in [-0.2, 0) is 52.8 Å². The van der Waals surface area contributed by atoms with Crippen molar-refractivity contribution in [1.29, 1.82) is 0 Å². The second-order valence-electron chi connectivity index (χ2n) is 26.0. The summed E-state index contributed by atoms with van der Waals surface area (Å²) in [4.78, 5) is 94.8. The zero-order valence-corrected chi connectivity index (χ0v) is 50.0. The summed E-state index contributed by atoms with van der Waals surface area (Å²) in [6.07, 6.45) is 10.4. The van der Waals surface area contributed by atoms with E-state index in [1.165, 1.54) is 24.4 Å². The molecule has 7 aromatic rings. The van der Waals surface area contributed by atoms with Crippen LogP contribution < -0.4 is 35.7 Å². The van der Waals surface area contributed by atoms with Gasteiger partial charge in [0.05, 0.1) is 57.6 Å². The number of alkyl carbamates (subject to hydrolysis) is 1. The molecule has 17 rings (SSSR count). The van der Waals surface area contributed by atoms with E-state index in [9.17, 15) is 33.5 Å². The van der Waals surface area contributed by atoms with Crippen LogP contribution in [0.25, 0.3) is 55.2 Å². The number of phenols is 1. The summed E-state index contributed by atoms with van der Waals surface area (Å²) >= 11 is 0. The Balaban J connectivity index is 0.611. The normalized spacial score (nSPS) is 26.1. The maximum absolute atomic E-state index is 17.4. The fourth-order valence-electron chi connectivity index (χ4n) is 16.7. The Morgan fingerprint density at radius 2 is 1.75 bits per heavy atom. The third kappa shape index (κ3) is 8.71. The van der Waals surface area contributed by atoms with Crippen LogP contribution in [0.1, 0.15) is 92.5 Å². The molecule has 4 aromatic heterocycles. The maximum Gasteiger partial charge on any atom is 0.407 e. The summed E-state index contributed by atoms with van der Waals surface area (Å²) < 4.78 is 84.0. The summed E-state index contributed by atoms with van der Waals surface area (Å²) in [5.74, 6) is -0.174. The van der Waals surface area contributed by atoms with Gasteiger partial charge in [0, 0.05) is 77.4 Å². The smallest absolute Gasteiger partial charge is 0.407 e. The molecule has 0 spiro atoms. The number of rotatable bonds is 13. The van der Waals surface area contributed by atoms with Crippen LogP contribution in [0.3, 0.4) is 0 Å². The number of amides is 2. The van der Waals surface area contributed by atoms with Gasteiger partial charge in [-0.25, -0.2) is 27.7 Å². The van der Waals surface area contributed by atoms with Gasteiger partial charge in [-0.3, -0.25) is 24.3 Å². The van der Waals surface area contributed by atoms with E-state index in [4.69, 9.17) is 50.5 Å². The van der Waals surface area contributed by atoms with E-state index >= 15 is 8.78 Å². The Kier molecular flexibility index (Phi) is 13.2. The van der Waals surface area contributed by atoms with Crippen molar-refractivity contribution in [2.75, 3.05) is 57.6 Å². The van der Waals surface area contributed by atoms with Gasteiger partial charge in [-0.1, -0.05) is 25.5 Å². The van der Waals surface area contributed by atoms with Crippen molar-refractivity contribution >= 4 is 62.3 Å². The van der Waals surface area contributed by atoms with Crippen molar-refractivity contribution < 1.29 is 65.9 Å². The van der Waals surface area contributed by atoms with Crippen LogP contribution in [-0.4, -0.2) is 146 Å². The number of esters is 2. The van der Waals surface area contributed by atoms with Crippen molar-refractivity contribution in [3.05, 3.63) is 111 Å². The van der Waals surface area contributed by atoms with Crippen LogP contribution in [0.5, 0.6) is 23.3 Å². The van der Waals surface area contributed by atoms with E-state index in [0.717, 1.165) is 48.3 Å². The lowest BCUT2D eigenvalue weighted by Crippen LogP contribution is -2.56. The molecule has 472 valence electrons. The molecule has 4 saturated heterocycles. The number of benzene rings is 3. The van der Waals surface area contributed by atoms with Gasteiger partial charge in [-0.2, -0.15) is 9.97 Å². The number of cyclic esters (lactones) is 1. The van der Waals surface area contributed by atoms with E-state index in [1.54, 1.807) is 22.5 Å². The number of hydrogen-bond acceptors (Lipinski definition) is 19. The highest BCUT2D eigenvalue weighted by atomic mass is 19.1. The first-order valence-corrected chi connectivity index (χ1v) is 31.0. The summed E-state index contributed by atoms with van der Waals surface area (Å²) in [5, 5.41) is 14.7. The molecule has 6 atom stereocenters. The Hall–Kier alpha value is -9.54. The minimum Gasteiger partial charge on any atom is -0.508 e. The van der Waals surface area contributed by atoms with E-state index < -0.39 is 83.7 Å². The number of phenolic OH excluding ortho intramolecular Hbond substituents is 1. The van der Waals surface area contributed by atoms with Crippen LogP contribution in [0, 0.1) is 29.9 Å². The number of hydrogen-bond donors (Lipinski definition) is 3. The number of terminal acetylenes is 1. The fourth-order valence-corrected chi connectivity index (χ4v) is 16.7. The zero-order valence-electron chi connectivity index (χ0n) is 50.0. The number of ether oxygens (including phenoxy) is 6. The average Bonchev–Trinajstić information content (AvgIpc) is 1.50. The average molecular weight is 1260 g/mol. The van der Waals surface area contributed by atoms with Gasteiger partial charge in [0.25, 0.3) is 11.5 Å². The van der Waals surface area contributed by atoms with Crippen LogP contribution >= 0.6 is 0 Å². The maximum atomic E-state index is 17.4. The summed E-state index contributed by atoms with van der Waals surface area (Å²) in [7, 11) is 0. The predicted octanol–water partition coefficient (Wildman–Crippen LogP) is 6.98. The molecule has 4 bridgehead atoms. The largest absolute Gasteiger partial charge is 0.508 e. The van der Waals surface area contributed by atoms with E-state index in [1.807, 2.05) is 17.0 Å². The number of piperazine rings is 1. The number of alkyl halides is 1. The first kappa shape index (κ1) is 57.6. The molecule has 25 heteroatoms. The number of nitrogens with one attached hydrogen (secondary N) is 1. The predicted molar refractivity (Wildman–Crippen MR) is 324 cm³/mol. The Morgan fingerprint density at radius 1 is 0.957 bits per heavy atom. The van der Waals surface area contributed by atoms with Crippen LogP contribution in [0.2, 0.25) is 0 Å². The number of pyridine rings is 3. The fraction of sp³-hybridized carbons (Fsp3) is 0.418. The van der Waals surface area contributed by atoms with Crippen molar-refractivity contribution in [2.45, 2.75) is 119 Å². The standard InChI is InChI=1S/C67H61F3N10O12/c1-4-39-46(69)10-7-33-13-38(81)14-41(53(33)39)57-55(70)58-42(22-72-57)59(76-63(75-58)89-30-66-11-6-12-78(66)24-35(68)20-66)77-25-36-8-9-37(26-77)80(36)60(83)32(3)28-88-64(86)73-23-52(82)92-67(5-2)45-16-49-56-43(27-79(49)61(84)44(45)29-87-62(67)85)54(65-18-34(19-65)47(71)21-65)40-15-50-51(91-31-90-50)17-48(40)74-56/h1,7,10,13-17,22,34-37,47,81H,3,5-6,8-9,11-12,18-21,23-31,71H2,2H3,(H,73,86)/t34?,35-,36?,37?,47?,65?,66+,67+/m1/s1. The number of aromatic hydroxyl groups is 1. The lowest BCUT2D eigenvalue weighted by Gasteiger charge is -2.42. The molecule has 2 amide bonds. The summed E-state index contributed by atoms with van der Waals surface area (Å²) in [6.45, 7) is 5.59. The number of nitrogens with two attached hydrogens (primary N) is 1. The first-order chi connectivity index (χ1) is 44.4. The highest BCUT2D eigenvalue weighted by Gasteiger charge is 2.58. The molecule has 7 aliphatic heterocycles. The molecular weight excluding hydrogens is 1190 g/mol. The molecule has 10 aliphatic rings. The summed E-state index contributed by atoms with van der Waals surface area (Å²) in [6, 6.07) is 9.71. The van der Waals surface area contributed by atoms with Crippen molar-refractivity contribution in [1.82, 2.24) is 39.6 Å². The van der Waals surface area contributed by atoms with Gasteiger partial charge in [0.1, 0.15) is 61.1 Å². The molecule has 3 aromatic carbocycles. The van der Waals surface area contributed by atoms with Gasteiger partial charge in [-0.15, -0.1) is 6.42 Å². The number of carbonyl (C=O) groups is 4. The monoisotopic (exact) mass is 1250 g/mol. The van der Waals surface area contributed by atoms with Crippen molar-refractivity contribution in [3.63, 3.8) is 0 Å². The Morgan fingerprint density at radius 3 is 2.51 bits per heavy atom. The third-order valence-electron chi connectivity index (χ3n) is 20.9. The number of aromatic nitrogens is 5. The molecule has 3 unspecified atom stereocenters. The minimum atomic E-state index is -2.08. The van der Waals surface area contributed by atoms with Gasteiger partial charge in [-0.05, 0) is 111 Å². The second-order valence-corrected chi connectivity index (χ2v) is 26.0. The number of nitrogens with zero attached hydrogens (tertiary/aromatic N) is 8. The molecule has 4 N–H and O–H groups in total. The third-order valence-corrected chi connectivity index (χ3v) is 20.9. The van der Waals surface area contributed by atoms with Crippen molar-refractivity contribution in [2.24, 2.45) is 11.7 Å². The van der Waals surface area contributed by atoms with E-state index in [-0.39, 0.29) is 138 Å². The molecule has 3 saturated carbocycles. The van der Waals surface area contributed by atoms with Gasteiger partial charge < -0.3 is 58.9 Å². The first-order valence-electron chi connectivity index (χ1n) is 31.0. The van der Waals surface area contributed by atoms with Gasteiger partial charge in [0.15, 0.2) is 17.3 Å². The van der Waals surface area contributed by atoms with Crippen LogP contribution in [0.4, 0.5) is 23.8 Å². The molecule has 0 radical (unpaired) electrons. The molecular formula is C67H61F3N10O12. The SMILES string of the molecule is C#Cc1c(F)ccc2cc(O)cc(-c3ncc4c(N5CC6CCC(C5)N6C(=O)C(=C)COC(=O)NCC(=O)O[C@]5(CC)C(=O)OCc6c5cc5n(c6=O)Cc6c-5nc5cc7c(cc5c6C56CC(N)C(C5)C6)OCO7)nc(OC[C@@]56CCCN5C[C@H](F)C6)nc4c3F)c12. The number of fused-ring (bicyclic) bond motifs is 12. The highest BCUT2D eigenvalue weighted by Crippen LogP contribution is 2.62. The van der Waals surface area contributed by atoms with Crippen molar-refractivity contribution in [3.8, 4) is 58.2 Å².